The molecular weight excluding hydrogens is 474 g/mol. The second kappa shape index (κ2) is 10.2. The van der Waals surface area contributed by atoms with Gasteiger partial charge < -0.3 is 10.2 Å². The highest BCUT2D eigenvalue weighted by Crippen LogP contribution is 2.34. The molecule has 2 N–H and O–H groups in total. The van der Waals surface area contributed by atoms with Gasteiger partial charge in [0.05, 0.1) is 23.4 Å². The predicted molar refractivity (Wildman–Crippen MR) is 123 cm³/mol. The number of piperidine rings is 1. The third-order valence-electron chi connectivity index (χ3n) is 5.74. The number of carbonyl (C=O) groups is 1. The standard InChI is InChI=1S/C23H27F4N3O3S/c1-15(16-7-9-20(19(24)12-16)29-34(2,32)33)22(31)28-14-17-6-8-18(23(25,26)27)13-21(17)30-10-4-3-5-11-30/h6-9,12-13,15,29H,3-5,10-11,14H2,1-2H3,(H,28,31)/t15-/m0/s1. The Morgan fingerprint density at radius 1 is 1.09 bits per heavy atom. The number of nitrogens with one attached hydrogen (secondary N) is 2. The van der Waals surface area contributed by atoms with E-state index in [1.54, 1.807) is 6.92 Å². The Bertz CT molecular complexity index is 1150. The van der Waals surface area contributed by atoms with E-state index in [1.165, 1.54) is 18.2 Å². The van der Waals surface area contributed by atoms with Gasteiger partial charge in [-0.15, -0.1) is 0 Å². The maximum absolute atomic E-state index is 14.3. The summed E-state index contributed by atoms with van der Waals surface area (Å²) in [7, 11) is -3.66. The lowest BCUT2D eigenvalue weighted by Gasteiger charge is -2.31. The Morgan fingerprint density at radius 2 is 1.76 bits per heavy atom. The number of hydrogen-bond acceptors (Lipinski definition) is 4. The van der Waals surface area contributed by atoms with Crippen molar-refractivity contribution in [2.75, 3.05) is 29.0 Å². The molecule has 2 aromatic rings. The summed E-state index contributed by atoms with van der Waals surface area (Å²) in [4.78, 5) is 14.6. The molecule has 2 aromatic carbocycles. The highest BCUT2D eigenvalue weighted by Gasteiger charge is 2.32. The molecule has 1 saturated heterocycles. The first-order chi connectivity index (χ1) is 15.8. The van der Waals surface area contributed by atoms with Crippen molar-refractivity contribution in [2.24, 2.45) is 0 Å². The van der Waals surface area contributed by atoms with Gasteiger partial charge in [-0.3, -0.25) is 9.52 Å². The first-order valence-corrected chi connectivity index (χ1v) is 12.7. The lowest BCUT2D eigenvalue weighted by Crippen LogP contribution is -2.32. The molecule has 0 bridgehead atoms. The average Bonchev–Trinajstić information content (AvgIpc) is 2.77. The van der Waals surface area contributed by atoms with Crippen molar-refractivity contribution in [1.82, 2.24) is 5.32 Å². The van der Waals surface area contributed by atoms with Crippen LogP contribution in [0.1, 0.15) is 48.8 Å². The first-order valence-electron chi connectivity index (χ1n) is 10.8. The lowest BCUT2D eigenvalue weighted by molar-refractivity contribution is -0.137. The van der Waals surface area contributed by atoms with E-state index in [4.69, 9.17) is 0 Å². The molecule has 34 heavy (non-hydrogen) atoms. The molecule has 0 unspecified atom stereocenters. The van der Waals surface area contributed by atoms with Gasteiger partial charge in [0, 0.05) is 25.3 Å². The first kappa shape index (κ1) is 25.8. The van der Waals surface area contributed by atoms with Crippen LogP contribution in [0.4, 0.5) is 28.9 Å². The Balaban J connectivity index is 1.75. The molecule has 11 heteroatoms. The molecule has 0 radical (unpaired) electrons. The lowest BCUT2D eigenvalue weighted by atomic mass is 9.99. The van der Waals surface area contributed by atoms with Crippen LogP contribution in [-0.4, -0.2) is 33.7 Å². The highest BCUT2D eigenvalue weighted by molar-refractivity contribution is 7.92. The molecule has 3 rings (SSSR count). The van der Waals surface area contributed by atoms with Gasteiger partial charge in [-0.05, 0) is 61.6 Å². The summed E-state index contributed by atoms with van der Waals surface area (Å²) in [5.74, 6) is -2.03. The van der Waals surface area contributed by atoms with E-state index in [9.17, 15) is 30.8 Å². The summed E-state index contributed by atoms with van der Waals surface area (Å²) in [5, 5.41) is 2.73. The summed E-state index contributed by atoms with van der Waals surface area (Å²) in [6.07, 6.45) is -0.781. The zero-order valence-corrected chi connectivity index (χ0v) is 19.7. The van der Waals surface area contributed by atoms with E-state index in [-0.39, 0.29) is 12.2 Å². The average molecular weight is 502 g/mol. The number of sulfonamides is 1. The molecule has 1 aliphatic heterocycles. The van der Waals surface area contributed by atoms with Crippen LogP contribution in [0.3, 0.4) is 0 Å². The minimum atomic E-state index is -4.47. The number of halogens is 4. The third-order valence-corrected chi connectivity index (χ3v) is 6.33. The second-order valence-corrected chi connectivity index (χ2v) is 10.2. The molecule has 0 aliphatic carbocycles. The maximum Gasteiger partial charge on any atom is 0.416 e. The van der Waals surface area contributed by atoms with Crippen LogP contribution >= 0.6 is 0 Å². The molecular formula is C23H27F4N3O3S. The van der Waals surface area contributed by atoms with Crippen molar-refractivity contribution in [1.29, 1.82) is 0 Å². The number of nitrogens with zero attached hydrogens (tertiary/aromatic N) is 1. The SMILES string of the molecule is C[C@H](C(=O)NCc1ccc(C(F)(F)F)cc1N1CCCCC1)c1ccc(NS(C)(=O)=O)c(F)c1. The van der Waals surface area contributed by atoms with Crippen LogP contribution in [-0.2, 0) is 27.5 Å². The molecule has 1 heterocycles. The zero-order valence-electron chi connectivity index (χ0n) is 18.9. The molecule has 0 spiro atoms. The summed E-state index contributed by atoms with van der Waals surface area (Å²) in [5.41, 5.74) is 0.376. The summed E-state index contributed by atoms with van der Waals surface area (Å²) < 4.78 is 78.8. The second-order valence-electron chi connectivity index (χ2n) is 8.44. The normalized spacial score (nSPS) is 15.6. The van der Waals surface area contributed by atoms with Crippen LogP contribution in [0.5, 0.6) is 0 Å². The Morgan fingerprint density at radius 3 is 2.35 bits per heavy atom. The van der Waals surface area contributed by atoms with Gasteiger partial charge in [0.1, 0.15) is 5.82 Å². The van der Waals surface area contributed by atoms with Crippen LogP contribution in [0.15, 0.2) is 36.4 Å². The monoisotopic (exact) mass is 501 g/mol. The van der Waals surface area contributed by atoms with Crippen LogP contribution in [0.25, 0.3) is 0 Å². The summed E-state index contributed by atoms with van der Waals surface area (Å²) in [6.45, 7) is 2.87. The topological polar surface area (TPSA) is 78.5 Å². The van der Waals surface area contributed by atoms with E-state index in [1.807, 2.05) is 4.90 Å². The summed E-state index contributed by atoms with van der Waals surface area (Å²) >= 11 is 0. The number of carbonyl (C=O) groups excluding carboxylic acids is 1. The molecule has 0 aromatic heterocycles. The van der Waals surface area contributed by atoms with Crippen LogP contribution in [0, 0.1) is 5.82 Å². The van der Waals surface area contributed by atoms with Crippen molar-refractivity contribution in [3.63, 3.8) is 0 Å². The van der Waals surface area contributed by atoms with Crippen LogP contribution in [0.2, 0.25) is 0 Å². The van der Waals surface area contributed by atoms with Crippen LogP contribution < -0.4 is 14.9 Å². The van der Waals surface area contributed by atoms with Gasteiger partial charge in [0.15, 0.2) is 0 Å². The van der Waals surface area contributed by atoms with Crippen molar-refractivity contribution in [2.45, 2.75) is 44.8 Å². The van der Waals surface area contributed by atoms with Gasteiger partial charge in [0.25, 0.3) is 0 Å². The van der Waals surface area contributed by atoms with E-state index in [0.29, 0.717) is 29.9 Å². The molecule has 1 fully saturated rings. The number of anilines is 2. The fourth-order valence-electron chi connectivity index (χ4n) is 3.89. The van der Waals surface area contributed by atoms with Gasteiger partial charge >= 0.3 is 6.18 Å². The van der Waals surface area contributed by atoms with Crippen molar-refractivity contribution >= 4 is 27.3 Å². The molecule has 0 saturated carbocycles. The van der Waals surface area contributed by atoms with Gasteiger partial charge in [-0.2, -0.15) is 13.2 Å². The van der Waals surface area contributed by atoms with E-state index < -0.39 is 39.4 Å². The van der Waals surface area contributed by atoms with Crippen molar-refractivity contribution < 1.29 is 30.8 Å². The molecule has 1 aliphatic rings. The number of rotatable bonds is 7. The Hall–Kier alpha value is -2.82. The molecule has 1 amide bonds. The van der Waals surface area contributed by atoms with E-state index in [2.05, 4.69) is 10.0 Å². The van der Waals surface area contributed by atoms with E-state index >= 15 is 0 Å². The fraction of sp³-hybridized carbons (Fsp3) is 0.435. The maximum atomic E-state index is 14.3. The Labute approximate surface area is 196 Å². The number of alkyl halides is 3. The minimum absolute atomic E-state index is 0.0172. The molecule has 186 valence electrons. The van der Waals surface area contributed by atoms with Crippen molar-refractivity contribution in [3.8, 4) is 0 Å². The largest absolute Gasteiger partial charge is 0.416 e. The zero-order chi connectivity index (χ0) is 25.1. The molecule has 1 atom stereocenters. The predicted octanol–water partition coefficient (Wildman–Crippen LogP) is 4.63. The van der Waals surface area contributed by atoms with E-state index in [0.717, 1.165) is 43.7 Å². The quantitative estimate of drug-likeness (QED) is 0.543. The number of hydrogen-bond donors (Lipinski definition) is 2. The van der Waals surface area contributed by atoms with Gasteiger partial charge in [0.2, 0.25) is 15.9 Å². The molecule has 6 nitrogen and oxygen atoms in total. The summed E-state index contributed by atoms with van der Waals surface area (Å²) in [6, 6.07) is 7.26. The number of benzene rings is 2. The van der Waals surface area contributed by atoms with Crippen molar-refractivity contribution in [3.05, 3.63) is 58.9 Å². The number of amides is 1. The van der Waals surface area contributed by atoms with Gasteiger partial charge in [-0.25, -0.2) is 12.8 Å². The minimum Gasteiger partial charge on any atom is -0.371 e. The smallest absolute Gasteiger partial charge is 0.371 e. The highest BCUT2D eigenvalue weighted by atomic mass is 32.2. The fourth-order valence-corrected chi connectivity index (χ4v) is 4.45. The van der Waals surface area contributed by atoms with Gasteiger partial charge in [-0.1, -0.05) is 12.1 Å². The third kappa shape index (κ3) is 6.62. The Kier molecular flexibility index (Phi) is 7.74.